The average molecular weight is 391 g/mol. The summed E-state index contributed by atoms with van der Waals surface area (Å²) in [5, 5.41) is 0.0768. The quantitative estimate of drug-likeness (QED) is 0.730. The third-order valence-corrected chi connectivity index (χ3v) is 7.03. The monoisotopic (exact) mass is 391 g/mol. The SMILES string of the molecule is O=C(c1ccc2ncsc2c1)N1CCCN(S(=O)(=O)c2cnc[nH]2)CC1. The molecule has 0 spiro atoms. The number of aromatic amines is 1. The van der Waals surface area contributed by atoms with Gasteiger partial charge in [-0.3, -0.25) is 4.79 Å². The van der Waals surface area contributed by atoms with Gasteiger partial charge in [-0.2, -0.15) is 4.31 Å². The van der Waals surface area contributed by atoms with Gasteiger partial charge in [0.25, 0.3) is 15.9 Å². The van der Waals surface area contributed by atoms with Gasteiger partial charge >= 0.3 is 0 Å². The second-order valence-electron chi connectivity index (χ2n) is 6.00. The van der Waals surface area contributed by atoms with E-state index in [2.05, 4.69) is 15.0 Å². The molecule has 3 aromatic rings. The van der Waals surface area contributed by atoms with Crippen molar-refractivity contribution in [3.05, 3.63) is 41.8 Å². The summed E-state index contributed by atoms with van der Waals surface area (Å²) in [7, 11) is -3.61. The fraction of sp³-hybridized carbons (Fsp3) is 0.312. The Kier molecular flexibility index (Phi) is 4.47. The highest BCUT2D eigenvalue weighted by atomic mass is 32.2. The highest BCUT2D eigenvalue weighted by molar-refractivity contribution is 7.89. The predicted octanol–water partition coefficient (Wildman–Crippen LogP) is 1.56. The summed E-state index contributed by atoms with van der Waals surface area (Å²) in [5.74, 6) is -0.0823. The first-order chi connectivity index (χ1) is 12.6. The Morgan fingerprint density at radius 2 is 2.08 bits per heavy atom. The topological polar surface area (TPSA) is 99.3 Å². The number of sulfonamides is 1. The Balaban J connectivity index is 1.50. The number of H-pyrrole nitrogens is 1. The number of thiazole rings is 1. The molecule has 1 saturated heterocycles. The lowest BCUT2D eigenvalue weighted by atomic mass is 10.2. The van der Waals surface area contributed by atoms with Crippen LogP contribution in [0.15, 0.2) is 41.3 Å². The summed E-state index contributed by atoms with van der Waals surface area (Å²) in [5.41, 5.74) is 3.23. The summed E-state index contributed by atoms with van der Waals surface area (Å²) in [6.45, 7) is 1.51. The van der Waals surface area contributed by atoms with Crippen molar-refractivity contribution in [3.63, 3.8) is 0 Å². The lowest BCUT2D eigenvalue weighted by Crippen LogP contribution is -2.37. The number of hydrogen-bond acceptors (Lipinski definition) is 6. The van der Waals surface area contributed by atoms with Crippen LogP contribution in [-0.2, 0) is 10.0 Å². The lowest BCUT2D eigenvalue weighted by Gasteiger charge is -2.21. The Hall–Kier alpha value is -2.30. The zero-order valence-electron chi connectivity index (χ0n) is 13.8. The predicted molar refractivity (Wildman–Crippen MR) is 97.5 cm³/mol. The minimum atomic E-state index is -3.61. The largest absolute Gasteiger partial charge is 0.337 e. The molecule has 1 amide bonds. The van der Waals surface area contributed by atoms with Crippen LogP contribution in [0.3, 0.4) is 0 Å². The number of nitrogens with zero attached hydrogens (tertiary/aromatic N) is 4. The fourth-order valence-electron chi connectivity index (χ4n) is 3.03. The summed E-state index contributed by atoms with van der Waals surface area (Å²) < 4.78 is 27.6. The van der Waals surface area contributed by atoms with E-state index in [1.807, 2.05) is 12.1 Å². The number of imidazole rings is 1. The third-order valence-electron chi connectivity index (χ3n) is 4.41. The normalized spacial score (nSPS) is 16.7. The van der Waals surface area contributed by atoms with Crippen molar-refractivity contribution in [1.82, 2.24) is 24.2 Å². The van der Waals surface area contributed by atoms with Gasteiger partial charge in [0, 0.05) is 31.7 Å². The molecule has 8 nitrogen and oxygen atoms in total. The Labute approximate surface area is 154 Å². The summed E-state index contributed by atoms with van der Waals surface area (Å²) in [4.78, 5) is 25.2. The molecule has 1 aliphatic heterocycles. The van der Waals surface area contributed by atoms with Crippen molar-refractivity contribution in [3.8, 4) is 0 Å². The van der Waals surface area contributed by atoms with Crippen molar-refractivity contribution in [1.29, 1.82) is 0 Å². The molecule has 0 atom stereocenters. The van der Waals surface area contributed by atoms with E-state index in [1.54, 1.807) is 16.5 Å². The number of hydrogen-bond donors (Lipinski definition) is 1. The second kappa shape index (κ2) is 6.78. The van der Waals surface area contributed by atoms with Crippen LogP contribution in [0.5, 0.6) is 0 Å². The summed E-state index contributed by atoms with van der Waals surface area (Å²) in [6, 6.07) is 5.46. The van der Waals surface area contributed by atoms with Crippen LogP contribution in [0.2, 0.25) is 0 Å². The molecule has 10 heteroatoms. The van der Waals surface area contributed by atoms with Crippen LogP contribution in [0, 0.1) is 0 Å². The van der Waals surface area contributed by atoms with Gasteiger partial charge in [0.05, 0.1) is 28.3 Å². The van der Waals surface area contributed by atoms with Gasteiger partial charge in [-0.25, -0.2) is 18.4 Å². The van der Waals surface area contributed by atoms with Crippen LogP contribution in [-0.4, -0.2) is 64.7 Å². The zero-order valence-corrected chi connectivity index (χ0v) is 15.5. The maximum atomic E-state index is 12.8. The Morgan fingerprint density at radius 1 is 1.19 bits per heavy atom. The van der Waals surface area contributed by atoms with E-state index in [9.17, 15) is 13.2 Å². The Bertz CT molecular complexity index is 1030. The van der Waals surface area contributed by atoms with Gasteiger partial charge in [0.15, 0.2) is 5.03 Å². The smallest absolute Gasteiger partial charge is 0.260 e. The first kappa shape index (κ1) is 17.1. The number of fused-ring (bicyclic) bond motifs is 1. The maximum Gasteiger partial charge on any atom is 0.260 e. The molecular weight excluding hydrogens is 374 g/mol. The summed E-state index contributed by atoms with van der Waals surface area (Å²) >= 11 is 1.49. The molecule has 1 fully saturated rings. The number of amides is 1. The van der Waals surface area contributed by atoms with E-state index in [0.717, 1.165) is 10.2 Å². The molecular formula is C16H17N5O3S2. The average Bonchev–Trinajstić information content (AvgIpc) is 3.27. The van der Waals surface area contributed by atoms with Gasteiger partial charge in [0.2, 0.25) is 0 Å². The van der Waals surface area contributed by atoms with Gasteiger partial charge < -0.3 is 9.88 Å². The van der Waals surface area contributed by atoms with Gasteiger partial charge in [-0.1, -0.05) is 0 Å². The number of carbonyl (C=O) groups is 1. The van der Waals surface area contributed by atoms with E-state index >= 15 is 0 Å². The van der Waals surface area contributed by atoms with Crippen molar-refractivity contribution >= 4 is 37.5 Å². The van der Waals surface area contributed by atoms with E-state index in [0.29, 0.717) is 31.6 Å². The molecule has 3 heterocycles. The third kappa shape index (κ3) is 3.11. The minimum absolute atomic E-state index is 0.0768. The van der Waals surface area contributed by atoms with Gasteiger partial charge in [0.1, 0.15) is 0 Å². The van der Waals surface area contributed by atoms with Crippen LogP contribution in [0.1, 0.15) is 16.8 Å². The van der Waals surface area contributed by atoms with Crippen LogP contribution >= 0.6 is 11.3 Å². The molecule has 0 saturated carbocycles. The van der Waals surface area contributed by atoms with Gasteiger partial charge in [-0.05, 0) is 24.6 Å². The molecule has 4 rings (SSSR count). The van der Waals surface area contributed by atoms with E-state index in [4.69, 9.17) is 0 Å². The molecule has 1 aliphatic rings. The van der Waals surface area contributed by atoms with Crippen molar-refractivity contribution in [2.24, 2.45) is 0 Å². The molecule has 0 aliphatic carbocycles. The number of aromatic nitrogens is 3. The molecule has 1 N–H and O–H groups in total. The van der Waals surface area contributed by atoms with Crippen LogP contribution in [0.25, 0.3) is 10.2 Å². The lowest BCUT2D eigenvalue weighted by molar-refractivity contribution is 0.0764. The fourth-order valence-corrected chi connectivity index (χ4v) is 5.11. The van der Waals surface area contributed by atoms with Crippen molar-refractivity contribution < 1.29 is 13.2 Å². The van der Waals surface area contributed by atoms with E-state index < -0.39 is 10.0 Å². The highest BCUT2D eigenvalue weighted by Crippen LogP contribution is 2.21. The van der Waals surface area contributed by atoms with E-state index in [1.165, 1.54) is 28.2 Å². The minimum Gasteiger partial charge on any atom is -0.337 e. The molecule has 26 heavy (non-hydrogen) atoms. The van der Waals surface area contributed by atoms with E-state index in [-0.39, 0.29) is 17.5 Å². The standard InChI is InChI=1S/C16H17N5O3S2/c22-16(12-2-3-13-14(8-12)25-11-19-13)20-4-1-5-21(7-6-20)26(23,24)15-9-17-10-18-15/h2-3,8-11H,1,4-7H2,(H,17,18). The first-order valence-corrected chi connectivity index (χ1v) is 10.5. The highest BCUT2D eigenvalue weighted by Gasteiger charge is 2.29. The molecule has 2 aromatic heterocycles. The van der Waals surface area contributed by atoms with Crippen LogP contribution in [0.4, 0.5) is 0 Å². The molecule has 0 bridgehead atoms. The van der Waals surface area contributed by atoms with Crippen molar-refractivity contribution in [2.45, 2.75) is 11.4 Å². The number of rotatable bonds is 3. The molecule has 0 radical (unpaired) electrons. The second-order valence-corrected chi connectivity index (χ2v) is 8.79. The zero-order chi connectivity index (χ0) is 18.1. The Morgan fingerprint density at radius 3 is 2.88 bits per heavy atom. The molecule has 1 aromatic carbocycles. The first-order valence-electron chi connectivity index (χ1n) is 8.17. The summed E-state index contributed by atoms with van der Waals surface area (Å²) in [6.07, 6.45) is 3.23. The number of nitrogens with one attached hydrogen (secondary N) is 1. The van der Waals surface area contributed by atoms with Gasteiger partial charge in [-0.15, -0.1) is 11.3 Å². The number of carbonyl (C=O) groups excluding carboxylic acids is 1. The van der Waals surface area contributed by atoms with Crippen molar-refractivity contribution in [2.75, 3.05) is 26.2 Å². The number of benzene rings is 1. The van der Waals surface area contributed by atoms with Crippen LogP contribution < -0.4 is 0 Å². The molecule has 0 unspecified atom stereocenters. The molecule has 136 valence electrons. The maximum absolute atomic E-state index is 12.8.